The van der Waals surface area contributed by atoms with Gasteiger partial charge >= 0.3 is 0 Å². The standard InChI is InChI=1S/C30H39N5O3/c1-5-6-17-31-29(37)24-9-7-8-10-25(24)32-28(36)22-15-18-35(19-16-22)20-26-33-27(34-38-26)21-11-13-23(14-12-21)30(2,3)4/h7-14,22H,5-6,15-20H2,1-4H3,(H,31,37)(H,32,36). The van der Waals surface area contributed by atoms with Crippen LogP contribution in [0.2, 0.25) is 0 Å². The van der Waals surface area contributed by atoms with Crippen molar-refractivity contribution in [1.29, 1.82) is 0 Å². The Morgan fingerprint density at radius 1 is 1.05 bits per heavy atom. The lowest BCUT2D eigenvalue weighted by Crippen LogP contribution is -2.38. The maximum atomic E-state index is 13.0. The van der Waals surface area contributed by atoms with E-state index >= 15 is 0 Å². The van der Waals surface area contributed by atoms with Gasteiger partial charge in [-0.2, -0.15) is 4.98 Å². The highest BCUT2D eigenvalue weighted by molar-refractivity contribution is 6.04. The largest absolute Gasteiger partial charge is 0.352 e. The predicted molar refractivity (Wildman–Crippen MR) is 149 cm³/mol. The van der Waals surface area contributed by atoms with Gasteiger partial charge in [0, 0.05) is 18.0 Å². The van der Waals surface area contributed by atoms with Crippen LogP contribution in [0.1, 0.15) is 75.2 Å². The van der Waals surface area contributed by atoms with Crippen molar-refractivity contribution in [3.63, 3.8) is 0 Å². The zero-order valence-corrected chi connectivity index (χ0v) is 22.9. The number of nitrogens with one attached hydrogen (secondary N) is 2. The van der Waals surface area contributed by atoms with Gasteiger partial charge in [-0.05, 0) is 55.5 Å². The molecular formula is C30H39N5O3. The summed E-state index contributed by atoms with van der Waals surface area (Å²) in [5.74, 6) is 0.852. The minimum absolute atomic E-state index is 0.0442. The number of rotatable bonds is 9. The lowest BCUT2D eigenvalue weighted by atomic mass is 9.87. The van der Waals surface area contributed by atoms with Crippen molar-refractivity contribution in [2.45, 2.75) is 65.3 Å². The van der Waals surface area contributed by atoms with Crippen molar-refractivity contribution in [2.75, 3.05) is 25.0 Å². The van der Waals surface area contributed by atoms with Crippen LogP contribution in [-0.2, 0) is 16.8 Å². The zero-order chi connectivity index (χ0) is 27.1. The highest BCUT2D eigenvalue weighted by atomic mass is 16.5. The first kappa shape index (κ1) is 27.5. The molecule has 0 aliphatic carbocycles. The van der Waals surface area contributed by atoms with Crippen molar-refractivity contribution >= 4 is 17.5 Å². The molecule has 8 nitrogen and oxygen atoms in total. The number of nitrogens with zero attached hydrogens (tertiary/aromatic N) is 3. The van der Waals surface area contributed by atoms with E-state index in [0.717, 1.165) is 44.3 Å². The fourth-order valence-electron chi connectivity index (χ4n) is 4.60. The Labute approximate surface area is 225 Å². The second kappa shape index (κ2) is 12.3. The first-order valence-corrected chi connectivity index (χ1v) is 13.6. The summed E-state index contributed by atoms with van der Waals surface area (Å²) in [6.45, 7) is 11.3. The number of aromatic nitrogens is 2. The summed E-state index contributed by atoms with van der Waals surface area (Å²) in [7, 11) is 0. The zero-order valence-electron chi connectivity index (χ0n) is 22.9. The minimum atomic E-state index is -0.159. The molecule has 0 atom stereocenters. The highest BCUT2D eigenvalue weighted by Crippen LogP contribution is 2.26. The molecule has 0 radical (unpaired) electrons. The molecule has 38 heavy (non-hydrogen) atoms. The Hall–Kier alpha value is -3.52. The lowest BCUT2D eigenvalue weighted by molar-refractivity contribution is -0.121. The van der Waals surface area contributed by atoms with Gasteiger partial charge in [0.1, 0.15) is 0 Å². The van der Waals surface area contributed by atoms with Gasteiger partial charge in [-0.1, -0.05) is 75.7 Å². The maximum absolute atomic E-state index is 13.0. The molecule has 2 aromatic carbocycles. The number of piperidine rings is 1. The van der Waals surface area contributed by atoms with E-state index in [9.17, 15) is 9.59 Å². The van der Waals surface area contributed by atoms with Gasteiger partial charge in [0.05, 0.1) is 17.8 Å². The molecule has 2 heterocycles. The second-order valence-corrected chi connectivity index (χ2v) is 11.0. The average Bonchev–Trinajstić information content (AvgIpc) is 3.37. The van der Waals surface area contributed by atoms with Crippen LogP contribution in [-0.4, -0.2) is 46.5 Å². The van der Waals surface area contributed by atoms with Crippen LogP contribution in [0.5, 0.6) is 0 Å². The molecule has 8 heteroatoms. The molecule has 1 saturated heterocycles. The first-order chi connectivity index (χ1) is 18.2. The molecule has 1 aliphatic heterocycles. The average molecular weight is 518 g/mol. The number of hydrogen-bond acceptors (Lipinski definition) is 6. The Bertz CT molecular complexity index is 1220. The molecule has 0 unspecified atom stereocenters. The van der Waals surface area contributed by atoms with Gasteiger partial charge in [-0.3, -0.25) is 14.5 Å². The van der Waals surface area contributed by atoms with Crippen molar-refractivity contribution in [1.82, 2.24) is 20.4 Å². The van der Waals surface area contributed by atoms with Crippen molar-refractivity contribution in [2.24, 2.45) is 5.92 Å². The fraction of sp³-hybridized carbons (Fsp3) is 0.467. The fourth-order valence-corrected chi connectivity index (χ4v) is 4.60. The number of unbranched alkanes of at least 4 members (excludes halogenated alkanes) is 1. The molecule has 0 saturated carbocycles. The third-order valence-corrected chi connectivity index (χ3v) is 7.04. The summed E-state index contributed by atoms with van der Waals surface area (Å²) in [6.07, 6.45) is 3.39. The van der Waals surface area contributed by atoms with Crippen LogP contribution in [0.3, 0.4) is 0 Å². The van der Waals surface area contributed by atoms with Crippen molar-refractivity contribution < 1.29 is 14.1 Å². The van der Waals surface area contributed by atoms with Crippen LogP contribution in [0.25, 0.3) is 11.4 Å². The summed E-state index contributed by atoms with van der Waals surface area (Å²) in [4.78, 5) is 32.4. The van der Waals surface area contributed by atoms with Crippen LogP contribution in [0.15, 0.2) is 53.1 Å². The second-order valence-electron chi connectivity index (χ2n) is 11.0. The molecule has 1 aromatic heterocycles. The number of likely N-dealkylation sites (tertiary alicyclic amines) is 1. The first-order valence-electron chi connectivity index (χ1n) is 13.6. The Morgan fingerprint density at radius 3 is 2.45 bits per heavy atom. The summed E-state index contributed by atoms with van der Waals surface area (Å²) in [5.41, 5.74) is 3.34. The van der Waals surface area contributed by atoms with Gasteiger partial charge in [0.25, 0.3) is 5.91 Å². The smallest absolute Gasteiger partial charge is 0.253 e. The monoisotopic (exact) mass is 517 g/mol. The quantitative estimate of drug-likeness (QED) is 0.368. The minimum Gasteiger partial charge on any atom is -0.352 e. The SMILES string of the molecule is CCCCNC(=O)c1ccccc1NC(=O)C1CCN(Cc2nc(-c3ccc(C(C)(C)C)cc3)no2)CC1. The molecule has 4 rings (SSSR count). The Balaban J connectivity index is 1.28. The molecule has 0 spiro atoms. The highest BCUT2D eigenvalue weighted by Gasteiger charge is 2.27. The molecule has 1 aliphatic rings. The lowest BCUT2D eigenvalue weighted by Gasteiger charge is -2.30. The van der Waals surface area contributed by atoms with E-state index in [1.807, 2.05) is 24.3 Å². The number of carbonyl (C=O) groups is 2. The topological polar surface area (TPSA) is 100 Å². The van der Waals surface area contributed by atoms with E-state index < -0.39 is 0 Å². The number of para-hydroxylation sites is 1. The van der Waals surface area contributed by atoms with Gasteiger partial charge in [0.2, 0.25) is 17.6 Å². The van der Waals surface area contributed by atoms with Crippen LogP contribution in [0.4, 0.5) is 5.69 Å². The summed E-state index contributed by atoms with van der Waals surface area (Å²) < 4.78 is 5.52. The van der Waals surface area contributed by atoms with Crippen LogP contribution in [0, 0.1) is 5.92 Å². The van der Waals surface area contributed by atoms with Crippen molar-refractivity contribution in [3.05, 3.63) is 65.5 Å². The van der Waals surface area contributed by atoms with E-state index in [1.54, 1.807) is 12.1 Å². The molecule has 2 amide bonds. The predicted octanol–water partition coefficient (Wildman–Crippen LogP) is 5.41. The maximum Gasteiger partial charge on any atom is 0.253 e. The third kappa shape index (κ3) is 7.07. The summed E-state index contributed by atoms with van der Waals surface area (Å²) >= 11 is 0. The van der Waals surface area contributed by atoms with Gasteiger partial charge in [0.15, 0.2) is 0 Å². The van der Waals surface area contributed by atoms with E-state index in [1.165, 1.54) is 5.56 Å². The van der Waals surface area contributed by atoms with Gasteiger partial charge in [-0.15, -0.1) is 0 Å². The molecule has 202 valence electrons. The summed E-state index contributed by atoms with van der Waals surface area (Å²) in [5, 5.41) is 10.1. The third-order valence-electron chi connectivity index (χ3n) is 7.04. The number of carbonyl (C=O) groups excluding carboxylic acids is 2. The van der Waals surface area contributed by atoms with E-state index in [2.05, 4.69) is 65.5 Å². The molecule has 0 bridgehead atoms. The Kier molecular flexibility index (Phi) is 8.94. The number of amides is 2. The molecule has 3 aromatic rings. The summed E-state index contributed by atoms with van der Waals surface area (Å²) in [6, 6.07) is 15.5. The van der Waals surface area contributed by atoms with E-state index in [0.29, 0.717) is 36.1 Å². The number of anilines is 1. The molecular weight excluding hydrogens is 478 g/mol. The van der Waals surface area contributed by atoms with Gasteiger partial charge < -0.3 is 15.2 Å². The van der Waals surface area contributed by atoms with Crippen molar-refractivity contribution in [3.8, 4) is 11.4 Å². The normalized spacial score (nSPS) is 14.8. The molecule has 1 fully saturated rings. The van der Waals surface area contributed by atoms with E-state index in [-0.39, 0.29) is 23.1 Å². The van der Waals surface area contributed by atoms with Gasteiger partial charge in [-0.25, -0.2) is 0 Å². The van der Waals surface area contributed by atoms with E-state index in [4.69, 9.17) is 4.52 Å². The number of benzene rings is 2. The van der Waals surface area contributed by atoms with Crippen LogP contribution >= 0.6 is 0 Å². The van der Waals surface area contributed by atoms with Crippen LogP contribution < -0.4 is 10.6 Å². The Morgan fingerprint density at radius 2 is 1.76 bits per heavy atom. The number of hydrogen-bond donors (Lipinski definition) is 2. The molecule has 2 N–H and O–H groups in total.